The number of pyridine rings is 1. The van der Waals surface area contributed by atoms with Gasteiger partial charge in [0.1, 0.15) is 0 Å². The Morgan fingerprint density at radius 3 is 2.55 bits per heavy atom. The number of morpholine rings is 1. The highest BCUT2D eigenvalue weighted by atomic mass is 16.5. The zero-order valence-corrected chi connectivity index (χ0v) is 18.8. The van der Waals surface area contributed by atoms with Crippen molar-refractivity contribution in [2.24, 2.45) is 0 Å². The molecule has 1 amide bonds. The third kappa shape index (κ3) is 5.08. The van der Waals surface area contributed by atoms with Crippen molar-refractivity contribution >= 4 is 5.91 Å². The van der Waals surface area contributed by atoms with Crippen LogP contribution in [0.4, 0.5) is 0 Å². The Bertz CT molecular complexity index is 861. The molecule has 6 nitrogen and oxygen atoms in total. The fourth-order valence-corrected chi connectivity index (χ4v) is 4.56. The molecule has 166 valence electrons. The van der Waals surface area contributed by atoms with Gasteiger partial charge in [0.25, 0.3) is 5.91 Å². The van der Waals surface area contributed by atoms with Crippen LogP contribution in [0.25, 0.3) is 0 Å². The molecule has 3 heterocycles. The molecule has 2 aromatic rings. The summed E-state index contributed by atoms with van der Waals surface area (Å²) in [7, 11) is 0. The van der Waals surface area contributed by atoms with Crippen molar-refractivity contribution in [3.63, 3.8) is 0 Å². The molecule has 1 aromatic carbocycles. The van der Waals surface area contributed by atoms with Crippen LogP contribution in [-0.4, -0.2) is 65.1 Å². The summed E-state index contributed by atoms with van der Waals surface area (Å²) in [5, 5.41) is 0. The number of piperidine rings is 1. The lowest BCUT2D eigenvalue weighted by Gasteiger charge is -2.50. The Morgan fingerprint density at radius 2 is 1.94 bits per heavy atom. The number of amides is 1. The van der Waals surface area contributed by atoms with Crippen molar-refractivity contribution in [3.05, 3.63) is 59.8 Å². The molecule has 2 saturated heterocycles. The number of aromatic nitrogens is 1. The normalized spacial score (nSPS) is 21.4. The van der Waals surface area contributed by atoms with Gasteiger partial charge in [0, 0.05) is 38.4 Å². The Morgan fingerprint density at radius 1 is 1.19 bits per heavy atom. The predicted octanol–water partition coefficient (Wildman–Crippen LogP) is 3.94. The summed E-state index contributed by atoms with van der Waals surface area (Å²) in [6.45, 7) is 10.4. The van der Waals surface area contributed by atoms with E-state index in [9.17, 15) is 4.79 Å². The fourth-order valence-electron chi connectivity index (χ4n) is 4.56. The third-order valence-corrected chi connectivity index (χ3v) is 6.25. The molecule has 2 aliphatic rings. The van der Waals surface area contributed by atoms with Gasteiger partial charge in [-0.1, -0.05) is 37.3 Å². The van der Waals surface area contributed by atoms with E-state index in [0.29, 0.717) is 24.5 Å². The minimum atomic E-state index is -0.196. The minimum absolute atomic E-state index is 0.0289. The third-order valence-electron chi connectivity index (χ3n) is 6.25. The maximum atomic E-state index is 13.0. The highest BCUT2D eigenvalue weighted by Crippen LogP contribution is 2.38. The SMILES string of the molecule is CCN1CC(c2ccccc2)OC2(CCN(C(=O)c3ccc(OC(C)C)nc3)CC2)C1. The first-order valence-corrected chi connectivity index (χ1v) is 11.3. The standard InChI is InChI=1S/C25H33N3O3/c1-4-27-17-22(20-8-6-5-7-9-20)31-25(18-27)12-14-28(15-13-25)24(29)21-10-11-23(26-16-21)30-19(2)3/h5-11,16,19,22H,4,12-15,17-18H2,1-3H3. The highest BCUT2D eigenvalue weighted by Gasteiger charge is 2.43. The number of rotatable bonds is 5. The molecule has 0 radical (unpaired) electrons. The quantitative estimate of drug-likeness (QED) is 0.729. The summed E-state index contributed by atoms with van der Waals surface area (Å²) in [6.07, 6.45) is 3.45. The number of hydrogen-bond donors (Lipinski definition) is 0. The molecule has 1 unspecified atom stereocenters. The molecular formula is C25H33N3O3. The van der Waals surface area contributed by atoms with E-state index in [1.54, 1.807) is 18.3 Å². The number of hydrogen-bond acceptors (Lipinski definition) is 5. The van der Waals surface area contributed by atoms with Gasteiger partial charge >= 0.3 is 0 Å². The second-order valence-electron chi connectivity index (χ2n) is 8.87. The zero-order chi connectivity index (χ0) is 21.8. The van der Waals surface area contributed by atoms with Crippen LogP contribution in [0.1, 0.15) is 55.6 Å². The van der Waals surface area contributed by atoms with Crippen molar-refractivity contribution < 1.29 is 14.3 Å². The van der Waals surface area contributed by atoms with Crippen LogP contribution >= 0.6 is 0 Å². The van der Waals surface area contributed by atoms with E-state index >= 15 is 0 Å². The van der Waals surface area contributed by atoms with Crippen LogP contribution in [0.2, 0.25) is 0 Å². The number of carbonyl (C=O) groups excluding carboxylic acids is 1. The zero-order valence-electron chi connectivity index (χ0n) is 18.8. The molecule has 0 saturated carbocycles. The number of carbonyl (C=O) groups is 1. The van der Waals surface area contributed by atoms with E-state index in [4.69, 9.17) is 9.47 Å². The molecule has 31 heavy (non-hydrogen) atoms. The van der Waals surface area contributed by atoms with Gasteiger partial charge in [-0.2, -0.15) is 0 Å². The van der Waals surface area contributed by atoms with Gasteiger partial charge in [-0.05, 0) is 44.9 Å². The molecule has 1 aromatic heterocycles. The summed E-state index contributed by atoms with van der Waals surface area (Å²) in [4.78, 5) is 21.7. The Kier molecular flexibility index (Phi) is 6.58. The number of benzene rings is 1. The first kappa shape index (κ1) is 21.8. The smallest absolute Gasteiger partial charge is 0.255 e. The summed E-state index contributed by atoms with van der Waals surface area (Å²) in [5.41, 5.74) is 1.64. The van der Waals surface area contributed by atoms with E-state index in [-0.39, 0.29) is 23.7 Å². The Hall–Kier alpha value is -2.44. The molecular weight excluding hydrogens is 390 g/mol. The van der Waals surface area contributed by atoms with E-state index in [1.807, 2.05) is 24.8 Å². The maximum Gasteiger partial charge on any atom is 0.255 e. The van der Waals surface area contributed by atoms with Crippen molar-refractivity contribution in [2.75, 3.05) is 32.7 Å². The lowest BCUT2D eigenvalue weighted by molar-refractivity contribution is -0.175. The van der Waals surface area contributed by atoms with Crippen molar-refractivity contribution in [3.8, 4) is 5.88 Å². The molecule has 6 heteroatoms. The molecule has 0 bridgehead atoms. The second kappa shape index (κ2) is 9.37. The Labute approximate surface area is 185 Å². The van der Waals surface area contributed by atoms with Crippen molar-refractivity contribution in [1.82, 2.24) is 14.8 Å². The molecule has 1 atom stereocenters. The lowest BCUT2D eigenvalue weighted by Crippen LogP contribution is -2.58. The highest BCUT2D eigenvalue weighted by molar-refractivity contribution is 5.94. The summed E-state index contributed by atoms with van der Waals surface area (Å²) < 4.78 is 12.3. The number of likely N-dealkylation sites (tertiary alicyclic amines) is 1. The van der Waals surface area contributed by atoms with Gasteiger partial charge in [-0.15, -0.1) is 0 Å². The van der Waals surface area contributed by atoms with Crippen LogP contribution in [-0.2, 0) is 4.74 Å². The molecule has 0 N–H and O–H groups in total. The fraction of sp³-hybridized carbons (Fsp3) is 0.520. The molecule has 4 rings (SSSR count). The number of ether oxygens (including phenoxy) is 2. The van der Waals surface area contributed by atoms with Gasteiger partial charge in [0.15, 0.2) is 0 Å². The van der Waals surface area contributed by atoms with Crippen LogP contribution < -0.4 is 4.74 Å². The Balaban J connectivity index is 1.41. The summed E-state index contributed by atoms with van der Waals surface area (Å²) in [6, 6.07) is 14.1. The van der Waals surface area contributed by atoms with Crippen LogP contribution in [0, 0.1) is 0 Å². The van der Waals surface area contributed by atoms with Gasteiger partial charge in [0.2, 0.25) is 5.88 Å². The van der Waals surface area contributed by atoms with Gasteiger partial charge in [-0.3, -0.25) is 9.69 Å². The largest absolute Gasteiger partial charge is 0.475 e. The van der Waals surface area contributed by atoms with Gasteiger partial charge in [-0.25, -0.2) is 4.98 Å². The molecule has 0 aliphatic carbocycles. The van der Waals surface area contributed by atoms with Crippen LogP contribution in [0.3, 0.4) is 0 Å². The summed E-state index contributed by atoms with van der Waals surface area (Å²) in [5.74, 6) is 0.576. The van der Waals surface area contributed by atoms with Crippen molar-refractivity contribution in [1.29, 1.82) is 0 Å². The minimum Gasteiger partial charge on any atom is -0.475 e. The first-order chi connectivity index (χ1) is 15.0. The number of nitrogens with zero attached hydrogens (tertiary/aromatic N) is 3. The lowest BCUT2D eigenvalue weighted by atomic mass is 9.87. The van der Waals surface area contributed by atoms with E-state index in [0.717, 1.165) is 32.5 Å². The van der Waals surface area contributed by atoms with E-state index in [1.165, 1.54) is 5.56 Å². The van der Waals surface area contributed by atoms with Crippen molar-refractivity contribution in [2.45, 2.75) is 51.4 Å². The average molecular weight is 424 g/mol. The topological polar surface area (TPSA) is 54.9 Å². The van der Waals surface area contributed by atoms with E-state index < -0.39 is 0 Å². The van der Waals surface area contributed by atoms with Crippen LogP contribution in [0.5, 0.6) is 5.88 Å². The van der Waals surface area contributed by atoms with E-state index in [2.05, 4.69) is 41.1 Å². The number of likely N-dealkylation sites (N-methyl/N-ethyl adjacent to an activating group) is 1. The average Bonchev–Trinajstić information content (AvgIpc) is 2.79. The van der Waals surface area contributed by atoms with Gasteiger partial charge < -0.3 is 14.4 Å². The molecule has 1 spiro atoms. The second-order valence-corrected chi connectivity index (χ2v) is 8.87. The van der Waals surface area contributed by atoms with Gasteiger partial charge in [0.05, 0.1) is 23.4 Å². The first-order valence-electron chi connectivity index (χ1n) is 11.3. The maximum absolute atomic E-state index is 13.0. The molecule has 2 aliphatic heterocycles. The molecule has 2 fully saturated rings. The summed E-state index contributed by atoms with van der Waals surface area (Å²) >= 11 is 0. The monoisotopic (exact) mass is 423 g/mol. The predicted molar refractivity (Wildman–Crippen MR) is 120 cm³/mol. The van der Waals surface area contributed by atoms with Crippen LogP contribution in [0.15, 0.2) is 48.7 Å².